The third-order valence-electron chi connectivity index (χ3n) is 5.20. The Morgan fingerprint density at radius 2 is 1.59 bits per heavy atom. The molecule has 160 valence electrons. The summed E-state index contributed by atoms with van der Waals surface area (Å²) in [5.41, 5.74) is 5.65. The lowest BCUT2D eigenvalue weighted by molar-refractivity contribution is 0.0949. The first kappa shape index (κ1) is 21.2. The van der Waals surface area contributed by atoms with Gasteiger partial charge in [0.05, 0.1) is 11.6 Å². The zero-order valence-electron chi connectivity index (χ0n) is 17.9. The number of nitrogens with zero attached hydrogens (tertiary/aromatic N) is 3. The van der Waals surface area contributed by atoms with Crippen molar-refractivity contribution in [2.75, 3.05) is 0 Å². The van der Waals surface area contributed by atoms with Crippen LogP contribution in [-0.4, -0.2) is 21.9 Å². The molecule has 1 heterocycles. The summed E-state index contributed by atoms with van der Waals surface area (Å²) in [6.45, 7) is 2.51. The van der Waals surface area contributed by atoms with E-state index in [1.54, 1.807) is 30.5 Å². The van der Waals surface area contributed by atoms with Gasteiger partial charge in [-0.25, -0.2) is 10.1 Å². The summed E-state index contributed by atoms with van der Waals surface area (Å²) in [5.74, 6) is -0.455. The van der Waals surface area contributed by atoms with Gasteiger partial charge in [-0.3, -0.25) is 9.59 Å². The van der Waals surface area contributed by atoms with E-state index in [0.717, 1.165) is 29.5 Å². The normalized spacial score (nSPS) is 11.2. The van der Waals surface area contributed by atoms with E-state index in [0.29, 0.717) is 17.3 Å². The minimum absolute atomic E-state index is 0.187. The van der Waals surface area contributed by atoms with Crippen LogP contribution >= 0.6 is 0 Å². The molecular weight excluding hydrogens is 400 g/mol. The van der Waals surface area contributed by atoms with E-state index in [1.807, 2.05) is 49.4 Å². The Labute approximate surface area is 186 Å². The number of fused-ring (bicyclic) bond motifs is 1. The predicted molar refractivity (Wildman–Crippen MR) is 128 cm³/mol. The molecular formula is C26H24N4O2. The average Bonchev–Trinajstić information content (AvgIpc) is 2.84. The lowest BCUT2D eigenvalue weighted by Gasteiger charge is -2.09. The lowest BCUT2D eigenvalue weighted by atomic mass is 10.0. The molecule has 6 heteroatoms. The van der Waals surface area contributed by atoms with E-state index in [-0.39, 0.29) is 11.3 Å². The molecule has 0 spiro atoms. The minimum Gasteiger partial charge on any atom is -0.267 e. The van der Waals surface area contributed by atoms with E-state index < -0.39 is 5.91 Å². The molecule has 32 heavy (non-hydrogen) atoms. The summed E-state index contributed by atoms with van der Waals surface area (Å²) in [7, 11) is 0. The molecule has 0 aliphatic rings. The third-order valence-corrected chi connectivity index (χ3v) is 5.20. The highest BCUT2D eigenvalue weighted by Crippen LogP contribution is 2.18. The fourth-order valence-electron chi connectivity index (χ4n) is 3.47. The van der Waals surface area contributed by atoms with E-state index in [4.69, 9.17) is 0 Å². The summed E-state index contributed by atoms with van der Waals surface area (Å²) < 4.78 is 1.37. The van der Waals surface area contributed by atoms with E-state index >= 15 is 0 Å². The second-order valence-corrected chi connectivity index (χ2v) is 7.46. The minimum atomic E-state index is -0.455. The van der Waals surface area contributed by atoms with E-state index in [9.17, 15) is 9.59 Å². The van der Waals surface area contributed by atoms with Crippen molar-refractivity contribution in [3.8, 4) is 11.1 Å². The van der Waals surface area contributed by atoms with Crippen molar-refractivity contribution in [2.24, 2.45) is 5.10 Å². The molecule has 3 aromatic carbocycles. The molecule has 0 saturated carbocycles. The van der Waals surface area contributed by atoms with Gasteiger partial charge in [0.1, 0.15) is 0 Å². The Hall–Kier alpha value is -4.06. The molecule has 4 aromatic rings. The van der Waals surface area contributed by atoms with Gasteiger partial charge in [0.2, 0.25) is 0 Å². The van der Waals surface area contributed by atoms with Crippen LogP contribution in [0.3, 0.4) is 0 Å². The number of rotatable bonds is 7. The molecule has 6 nitrogen and oxygen atoms in total. The quantitative estimate of drug-likeness (QED) is 0.347. The number of nitrogens with one attached hydrogen (secondary N) is 1. The number of amides is 1. The zero-order valence-corrected chi connectivity index (χ0v) is 17.9. The predicted octanol–water partition coefficient (Wildman–Crippen LogP) is 4.63. The van der Waals surface area contributed by atoms with E-state index in [1.165, 1.54) is 4.68 Å². The first-order chi connectivity index (χ1) is 15.7. The number of hydrogen-bond donors (Lipinski definition) is 1. The number of carbonyl (C=O) groups is 1. The molecule has 1 N–H and O–H groups in total. The Balaban J connectivity index is 1.53. The summed E-state index contributed by atoms with van der Waals surface area (Å²) in [6, 6.07) is 25.0. The molecule has 1 aromatic heterocycles. The van der Waals surface area contributed by atoms with Crippen LogP contribution < -0.4 is 11.0 Å². The van der Waals surface area contributed by atoms with Gasteiger partial charge in [-0.15, -0.1) is 0 Å². The highest BCUT2D eigenvalue weighted by atomic mass is 16.2. The topological polar surface area (TPSA) is 76.3 Å². The van der Waals surface area contributed by atoms with Gasteiger partial charge >= 0.3 is 0 Å². The van der Waals surface area contributed by atoms with Gasteiger partial charge in [-0.1, -0.05) is 86.1 Å². The molecule has 0 fully saturated rings. The van der Waals surface area contributed by atoms with Crippen molar-refractivity contribution in [3.63, 3.8) is 0 Å². The standard InChI is InChI=1S/C26H24N4O2/c1-2-3-17-30-26(32)23-12-8-7-11-22(23)24(29-30)25(31)28-27-18-19-13-15-21(16-14-19)20-9-5-4-6-10-20/h4-16,18H,2-3,17H2,1H3,(H,28,31)/b27-18+. The van der Waals surface area contributed by atoms with E-state index in [2.05, 4.69) is 27.8 Å². The van der Waals surface area contributed by atoms with Crippen LogP contribution in [0.1, 0.15) is 35.8 Å². The second kappa shape index (κ2) is 9.83. The molecule has 0 radical (unpaired) electrons. The molecule has 0 aliphatic heterocycles. The highest BCUT2D eigenvalue weighted by Gasteiger charge is 2.16. The van der Waals surface area contributed by atoms with Gasteiger partial charge in [0.15, 0.2) is 5.69 Å². The number of hydrogen-bond acceptors (Lipinski definition) is 4. The Morgan fingerprint density at radius 3 is 2.31 bits per heavy atom. The number of unbranched alkanes of at least 4 members (excludes halogenated alkanes) is 1. The molecule has 0 saturated heterocycles. The SMILES string of the molecule is CCCCn1nc(C(=O)N/N=C/c2ccc(-c3ccccc3)cc2)c2ccccc2c1=O. The summed E-state index contributed by atoms with van der Waals surface area (Å²) in [5, 5.41) is 9.41. The van der Waals surface area contributed by atoms with Crippen molar-refractivity contribution in [3.05, 3.63) is 100 Å². The molecule has 1 amide bonds. The van der Waals surface area contributed by atoms with Crippen molar-refractivity contribution in [1.82, 2.24) is 15.2 Å². The number of hydrazone groups is 1. The largest absolute Gasteiger partial charge is 0.292 e. The summed E-state index contributed by atoms with van der Waals surface area (Å²) >= 11 is 0. The maximum atomic E-state index is 12.8. The Kier molecular flexibility index (Phi) is 6.51. The van der Waals surface area contributed by atoms with Gasteiger partial charge < -0.3 is 0 Å². The number of benzene rings is 3. The van der Waals surface area contributed by atoms with Crippen molar-refractivity contribution < 1.29 is 4.79 Å². The van der Waals surface area contributed by atoms with Crippen LogP contribution in [0, 0.1) is 0 Å². The van der Waals surface area contributed by atoms with Gasteiger partial charge in [-0.05, 0) is 29.2 Å². The highest BCUT2D eigenvalue weighted by molar-refractivity contribution is 6.05. The number of aryl methyl sites for hydroxylation is 1. The molecule has 0 bridgehead atoms. The van der Waals surface area contributed by atoms with Gasteiger partial charge in [0, 0.05) is 11.9 Å². The lowest BCUT2D eigenvalue weighted by Crippen LogP contribution is -2.29. The van der Waals surface area contributed by atoms with Crippen LogP contribution in [0.5, 0.6) is 0 Å². The monoisotopic (exact) mass is 424 g/mol. The molecule has 0 aliphatic carbocycles. The average molecular weight is 425 g/mol. The molecule has 4 rings (SSSR count). The summed E-state index contributed by atoms with van der Waals surface area (Å²) in [4.78, 5) is 25.5. The Bertz CT molecular complexity index is 1310. The summed E-state index contributed by atoms with van der Waals surface area (Å²) in [6.07, 6.45) is 3.32. The third kappa shape index (κ3) is 4.64. The maximum Gasteiger partial charge on any atom is 0.292 e. The second-order valence-electron chi connectivity index (χ2n) is 7.46. The van der Waals surface area contributed by atoms with Crippen LogP contribution in [-0.2, 0) is 6.54 Å². The first-order valence-electron chi connectivity index (χ1n) is 10.7. The first-order valence-corrected chi connectivity index (χ1v) is 10.7. The molecule has 0 unspecified atom stereocenters. The zero-order chi connectivity index (χ0) is 22.3. The van der Waals surface area contributed by atoms with Gasteiger partial charge in [0.25, 0.3) is 11.5 Å². The van der Waals surface area contributed by atoms with Crippen LogP contribution in [0.25, 0.3) is 21.9 Å². The molecule has 0 atom stereocenters. The van der Waals surface area contributed by atoms with Crippen molar-refractivity contribution in [2.45, 2.75) is 26.3 Å². The van der Waals surface area contributed by atoms with Crippen LogP contribution in [0.15, 0.2) is 88.8 Å². The fourth-order valence-corrected chi connectivity index (χ4v) is 3.47. The fraction of sp³-hybridized carbons (Fsp3) is 0.154. The smallest absolute Gasteiger partial charge is 0.267 e. The maximum absolute atomic E-state index is 12.8. The van der Waals surface area contributed by atoms with Crippen molar-refractivity contribution in [1.29, 1.82) is 0 Å². The Morgan fingerprint density at radius 1 is 0.938 bits per heavy atom. The number of carbonyl (C=O) groups excluding carboxylic acids is 1. The van der Waals surface area contributed by atoms with Gasteiger partial charge in [-0.2, -0.15) is 10.2 Å². The van der Waals surface area contributed by atoms with Crippen LogP contribution in [0.4, 0.5) is 0 Å². The van der Waals surface area contributed by atoms with Crippen molar-refractivity contribution >= 4 is 22.9 Å². The van der Waals surface area contributed by atoms with Crippen LogP contribution in [0.2, 0.25) is 0 Å². The number of aromatic nitrogens is 2.